The van der Waals surface area contributed by atoms with Gasteiger partial charge in [-0.25, -0.2) is 8.42 Å². The maximum atomic E-state index is 13.1. The summed E-state index contributed by atoms with van der Waals surface area (Å²) in [5.41, 5.74) is 1.18. The highest BCUT2D eigenvalue weighted by molar-refractivity contribution is 7.89. The molecule has 0 radical (unpaired) electrons. The third-order valence-corrected chi connectivity index (χ3v) is 7.75. The lowest BCUT2D eigenvalue weighted by atomic mass is 9.80. The minimum atomic E-state index is -3.65. The standard InChI is InChI=1S/C19H24N2O4S/c1-12-11-19(2,3)21-16-14(12)9-13(10-15(16)17(22)18(21)23)26(24,25)20-7-5-4-6-8-20/h9-10,12H,4-8,11H2,1-3H3. The lowest BCUT2D eigenvalue weighted by molar-refractivity contribution is -0.115. The van der Waals surface area contributed by atoms with Gasteiger partial charge in [-0.1, -0.05) is 13.3 Å². The van der Waals surface area contributed by atoms with Gasteiger partial charge in [0.2, 0.25) is 10.0 Å². The molecule has 3 aliphatic rings. The fourth-order valence-electron chi connectivity index (χ4n) is 4.68. The summed E-state index contributed by atoms with van der Waals surface area (Å²) in [5, 5.41) is 0. The number of hydrogen-bond donors (Lipinski definition) is 0. The van der Waals surface area contributed by atoms with E-state index in [4.69, 9.17) is 0 Å². The summed E-state index contributed by atoms with van der Waals surface area (Å²) in [5.74, 6) is -1.07. The Morgan fingerprint density at radius 3 is 2.38 bits per heavy atom. The molecule has 0 saturated carbocycles. The SMILES string of the molecule is CC1CC(C)(C)N2C(=O)C(=O)c3cc(S(=O)(=O)N4CCCCC4)cc1c32. The second kappa shape index (κ2) is 5.63. The van der Waals surface area contributed by atoms with Crippen molar-refractivity contribution in [1.29, 1.82) is 0 Å². The topological polar surface area (TPSA) is 74.8 Å². The lowest BCUT2D eigenvalue weighted by Crippen LogP contribution is -2.50. The van der Waals surface area contributed by atoms with Crippen LogP contribution >= 0.6 is 0 Å². The average Bonchev–Trinajstić information content (AvgIpc) is 2.85. The van der Waals surface area contributed by atoms with Crippen LogP contribution < -0.4 is 4.90 Å². The number of carbonyl (C=O) groups is 2. The van der Waals surface area contributed by atoms with Crippen molar-refractivity contribution in [2.24, 2.45) is 0 Å². The highest BCUT2D eigenvalue weighted by Gasteiger charge is 2.49. The van der Waals surface area contributed by atoms with Crippen molar-refractivity contribution >= 4 is 27.4 Å². The third kappa shape index (κ3) is 2.36. The number of sulfonamides is 1. The molecule has 0 aromatic heterocycles. The van der Waals surface area contributed by atoms with Crippen LogP contribution in [0.1, 0.15) is 68.3 Å². The Balaban J connectivity index is 1.89. The number of anilines is 1. The van der Waals surface area contributed by atoms with Gasteiger partial charge in [0.1, 0.15) is 0 Å². The van der Waals surface area contributed by atoms with Gasteiger partial charge in [-0.15, -0.1) is 0 Å². The largest absolute Gasteiger partial charge is 0.299 e. The number of ketones is 1. The highest BCUT2D eigenvalue weighted by atomic mass is 32.2. The van der Waals surface area contributed by atoms with E-state index in [-0.39, 0.29) is 16.4 Å². The van der Waals surface area contributed by atoms with Crippen LogP contribution in [0.4, 0.5) is 5.69 Å². The van der Waals surface area contributed by atoms with Crippen molar-refractivity contribution in [2.75, 3.05) is 18.0 Å². The Labute approximate surface area is 154 Å². The van der Waals surface area contributed by atoms with Gasteiger partial charge in [0.05, 0.1) is 16.1 Å². The third-order valence-electron chi connectivity index (χ3n) is 5.87. The van der Waals surface area contributed by atoms with E-state index in [1.54, 1.807) is 11.0 Å². The summed E-state index contributed by atoms with van der Waals surface area (Å²) in [6.07, 6.45) is 3.43. The molecule has 1 aromatic carbocycles. The van der Waals surface area contributed by atoms with Crippen LogP contribution in [0, 0.1) is 0 Å². The summed E-state index contributed by atoms with van der Waals surface area (Å²) < 4.78 is 27.7. The molecule has 1 atom stereocenters. The zero-order chi connectivity index (χ0) is 18.9. The van der Waals surface area contributed by atoms with E-state index in [9.17, 15) is 18.0 Å². The van der Waals surface area contributed by atoms with E-state index >= 15 is 0 Å². The van der Waals surface area contributed by atoms with Gasteiger partial charge in [0.25, 0.3) is 11.7 Å². The molecule has 1 unspecified atom stereocenters. The molecule has 7 heteroatoms. The zero-order valence-corrected chi connectivity index (χ0v) is 16.2. The van der Waals surface area contributed by atoms with Crippen molar-refractivity contribution < 1.29 is 18.0 Å². The first-order valence-electron chi connectivity index (χ1n) is 9.21. The first kappa shape index (κ1) is 17.7. The summed E-state index contributed by atoms with van der Waals surface area (Å²) in [6, 6.07) is 3.10. The summed E-state index contributed by atoms with van der Waals surface area (Å²) in [7, 11) is -3.65. The predicted octanol–water partition coefficient (Wildman–Crippen LogP) is 2.68. The molecule has 4 rings (SSSR count). The lowest BCUT2D eigenvalue weighted by Gasteiger charge is -2.43. The fraction of sp³-hybridized carbons (Fsp3) is 0.579. The van der Waals surface area contributed by atoms with Gasteiger partial charge in [0.15, 0.2) is 0 Å². The molecule has 1 aromatic rings. The summed E-state index contributed by atoms with van der Waals surface area (Å²) in [4.78, 5) is 26.9. The molecule has 1 amide bonds. The van der Waals surface area contributed by atoms with Gasteiger partial charge in [0, 0.05) is 18.6 Å². The van der Waals surface area contributed by atoms with Crippen LogP contribution in [0.15, 0.2) is 17.0 Å². The van der Waals surface area contributed by atoms with Crippen molar-refractivity contribution in [3.63, 3.8) is 0 Å². The van der Waals surface area contributed by atoms with Crippen LogP contribution in [0.3, 0.4) is 0 Å². The molecule has 3 aliphatic heterocycles. The molecule has 0 N–H and O–H groups in total. The number of amides is 1. The van der Waals surface area contributed by atoms with Crippen LogP contribution in [0.2, 0.25) is 0 Å². The van der Waals surface area contributed by atoms with Crippen LogP contribution in [-0.4, -0.2) is 43.0 Å². The van der Waals surface area contributed by atoms with Crippen molar-refractivity contribution in [2.45, 2.75) is 62.8 Å². The number of rotatable bonds is 2. The predicted molar refractivity (Wildman–Crippen MR) is 98.0 cm³/mol. The number of Topliss-reactive ketones (excluding diaryl/α,β-unsaturated/α-hetero) is 1. The van der Waals surface area contributed by atoms with Crippen molar-refractivity contribution in [3.05, 3.63) is 23.3 Å². The number of hydrogen-bond acceptors (Lipinski definition) is 4. The Kier molecular flexibility index (Phi) is 3.83. The molecule has 26 heavy (non-hydrogen) atoms. The van der Waals surface area contributed by atoms with Crippen molar-refractivity contribution in [1.82, 2.24) is 4.31 Å². The highest BCUT2D eigenvalue weighted by Crippen LogP contribution is 2.49. The van der Waals surface area contributed by atoms with E-state index in [1.807, 2.05) is 20.8 Å². The van der Waals surface area contributed by atoms with Crippen LogP contribution in [0.25, 0.3) is 0 Å². The van der Waals surface area contributed by atoms with E-state index in [0.29, 0.717) is 25.2 Å². The van der Waals surface area contributed by atoms with Gasteiger partial charge in [-0.3, -0.25) is 14.5 Å². The van der Waals surface area contributed by atoms with E-state index in [1.165, 1.54) is 10.4 Å². The molecule has 0 bridgehead atoms. The number of carbonyl (C=O) groups excluding carboxylic acids is 2. The Morgan fingerprint density at radius 2 is 1.73 bits per heavy atom. The Hall–Kier alpha value is -1.73. The first-order valence-corrected chi connectivity index (χ1v) is 10.7. The second-order valence-electron chi connectivity index (χ2n) is 8.26. The Morgan fingerprint density at radius 1 is 1.08 bits per heavy atom. The molecule has 1 fully saturated rings. The van der Waals surface area contributed by atoms with E-state index in [0.717, 1.165) is 24.8 Å². The molecule has 0 aliphatic carbocycles. The summed E-state index contributed by atoms with van der Waals surface area (Å²) in [6.45, 7) is 6.95. The molecule has 140 valence electrons. The zero-order valence-electron chi connectivity index (χ0n) is 15.4. The Bertz CT molecular complexity index is 914. The molecule has 0 spiro atoms. The van der Waals surface area contributed by atoms with Crippen LogP contribution in [-0.2, 0) is 14.8 Å². The number of piperidine rings is 1. The van der Waals surface area contributed by atoms with Gasteiger partial charge in [-0.05, 0) is 56.7 Å². The molecular weight excluding hydrogens is 352 g/mol. The average molecular weight is 376 g/mol. The van der Waals surface area contributed by atoms with Gasteiger partial charge < -0.3 is 0 Å². The monoisotopic (exact) mass is 376 g/mol. The smallest absolute Gasteiger partial charge is 0.299 e. The van der Waals surface area contributed by atoms with Gasteiger partial charge >= 0.3 is 0 Å². The van der Waals surface area contributed by atoms with E-state index < -0.39 is 27.3 Å². The fourth-order valence-corrected chi connectivity index (χ4v) is 6.26. The normalized spacial score (nSPS) is 25.5. The first-order chi connectivity index (χ1) is 12.1. The number of nitrogens with zero attached hydrogens (tertiary/aromatic N) is 2. The molecular formula is C19H24N2O4S. The van der Waals surface area contributed by atoms with E-state index in [2.05, 4.69) is 0 Å². The van der Waals surface area contributed by atoms with Gasteiger partial charge in [-0.2, -0.15) is 4.31 Å². The number of benzene rings is 1. The maximum absolute atomic E-state index is 13.1. The molecule has 1 saturated heterocycles. The maximum Gasteiger partial charge on any atom is 0.299 e. The minimum absolute atomic E-state index is 0.0743. The molecule has 3 heterocycles. The second-order valence-corrected chi connectivity index (χ2v) is 10.2. The summed E-state index contributed by atoms with van der Waals surface area (Å²) >= 11 is 0. The molecule has 6 nitrogen and oxygen atoms in total. The quantitative estimate of drug-likeness (QED) is 0.744. The minimum Gasteiger partial charge on any atom is -0.299 e. The van der Waals surface area contributed by atoms with Crippen LogP contribution in [0.5, 0.6) is 0 Å². The van der Waals surface area contributed by atoms with Crippen molar-refractivity contribution in [3.8, 4) is 0 Å².